The van der Waals surface area contributed by atoms with E-state index in [0.717, 1.165) is 26.2 Å². The molecule has 1 fully saturated rings. The summed E-state index contributed by atoms with van der Waals surface area (Å²) in [5, 5.41) is 3.32. The Morgan fingerprint density at radius 1 is 1.23 bits per heavy atom. The average molecular weight is 420 g/mol. The largest absolute Gasteiger partial charge is 0.425 e. The molecule has 0 spiro atoms. The predicted octanol–water partition coefficient (Wildman–Crippen LogP) is 1.56. The molecule has 1 aromatic carbocycles. The van der Waals surface area contributed by atoms with Gasteiger partial charge in [0.1, 0.15) is 5.75 Å². The number of rotatable bonds is 5. The smallest absolute Gasteiger partial charge is 0.306 e. The molecular formula is C22H24N6O3. The van der Waals surface area contributed by atoms with Gasteiger partial charge in [-0.3, -0.25) is 18.7 Å². The van der Waals surface area contributed by atoms with Crippen LogP contribution in [-0.2, 0) is 13.6 Å². The highest BCUT2D eigenvalue weighted by atomic mass is 16.5. The molecule has 160 valence electrons. The zero-order valence-electron chi connectivity index (χ0n) is 17.8. The van der Waals surface area contributed by atoms with Gasteiger partial charge in [-0.1, -0.05) is 18.1 Å². The van der Waals surface area contributed by atoms with Crippen LogP contribution in [0.5, 0.6) is 11.8 Å². The molecule has 2 aromatic heterocycles. The number of carbonyl (C=O) groups excluding carboxylic acids is 1. The molecule has 0 radical (unpaired) electrons. The molecule has 1 N–H and O–H groups in total. The van der Waals surface area contributed by atoms with E-state index in [9.17, 15) is 9.59 Å². The van der Waals surface area contributed by atoms with Crippen LogP contribution in [0.25, 0.3) is 11.2 Å². The lowest BCUT2D eigenvalue weighted by atomic mass is 10.1. The zero-order chi connectivity index (χ0) is 22.0. The van der Waals surface area contributed by atoms with E-state index < -0.39 is 0 Å². The average Bonchev–Trinajstić information content (AvgIpc) is 3.15. The number of ketones is 1. The van der Waals surface area contributed by atoms with Crippen molar-refractivity contribution in [1.29, 1.82) is 0 Å². The Morgan fingerprint density at radius 2 is 1.97 bits per heavy atom. The minimum absolute atomic E-state index is 0.0734. The molecule has 9 nitrogen and oxygen atoms in total. The standard InChI is InChI=1S/C22H24N6O3/c1-4-5-12-28-18-19(24-21(28)27-13-10-23-11-14-27)25-22(26(3)20(18)30)31-17-9-7-6-8-16(17)15(2)29/h6-9,23H,10-14H2,1-3H3. The van der Waals surface area contributed by atoms with Gasteiger partial charge in [-0.05, 0) is 26.0 Å². The number of aromatic nitrogens is 4. The van der Waals surface area contributed by atoms with Gasteiger partial charge in [0.25, 0.3) is 5.56 Å². The summed E-state index contributed by atoms with van der Waals surface area (Å²) in [7, 11) is 1.59. The van der Waals surface area contributed by atoms with Crippen molar-refractivity contribution in [3.8, 4) is 23.6 Å². The van der Waals surface area contributed by atoms with Crippen LogP contribution in [-0.4, -0.2) is 51.1 Å². The van der Waals surface area contributed by atoms with Crippen molar-refractivity contribution in [2.24, 2.45) is 7.05 Å². The molecule has 9 heteroatoms. The number of ether oxygens (including phenoxy) is 1. The van der Waals surface area contributed by atoms with E-state index in [2.05, 4.69) is 32.0 Å². The lowest BCUT2D eigenvalue weighted by Crippen LogP contribution is -2.44. The highest BCUT2D eigenvalue weighted by Crippen LogP contribution is 2.26. The number of imidazole rings is 1. The third-order valence-electron chi connectivity index (χ3n) is 5.21. The fourth-order valence-corrected chi connectivity index (χ4v) is 3.58. The van der Waals surface area contributed by atoms with Crippen LogP contribution in [0, 0.1) is 11.8 Å². The van der Waals surface area contributed by atoms with Gasteiger partial charge in [0.15, 0.2) is 16.9 Å². The fraction of sp³-hybridized carbons (Fsp3) is 0.364. The topological polar surface area (TPSA) is 94.3 Å². The number of hydrogen-bond donors (Lipinski definition) is 1. The van der Waals surface area contributed by atoms with E-state index in [4.69, 9.17) is 4.74 Å². The number of hydrogen-bond acceptors (Lipinski definition) is 7. The van der Waals surface area contributed by atoms with Gasteiger partial charge in [-0.15, -0.1) is 5.92 Å². The summed E-state index contributed by atoms with van der Waals surface area (Å²) in [6.07, 6.45) is 0. The predicted molar refractivity (Wildman–Crippen MR) is 118 cm³/mol. The molecule has 4 rings (SSSR count). The number of anilines is 1. The molecule has 0 atom stereocenters. The van der Waals surface area contributed by atoms with Crippen LogP contribution in [0.15, 0.2) is 29.1 Å². The molecule has 1 aliphatic rings. The summed E-state index contributed by atoms with van der Waals surface area (Å²) in [5.74, 6) is 6.79. The molecule has 31 heavy (non-hydrogen) atoms. The molecule has 1 saturated heterocycles. The van der Waals surface area contributed by atoms with E-state index in [-0.39, 0.29) is 17.4 Å². The van der Waals surface area contributed by atoms with Crippen LogP contribution < -0.4 is 20.5 Å². The number of benzene rings is 1. The molecule has 0 amide bonds. The highest BCUT2D eigenvalue weighted by Gasteiger charge is 2.23. The van der Waals surface area contributed by atoms with Crippen molar-refractivity contribution in [2.75, 3.05) is 31.1 Å². The van der Waals surface area contributed by atoms with Crippen molar-refractivity contribution >= 4 is 22.9 Å². The number of nitrogens with one attached hydrogen (secondary N) is 1. The second-order valence-electron chi connectivity index (χ2n) is 7.25. The molecule has 1 aliphatic heterocycles. The quantitative estimate of drug-likeness (QED) is 0.494. The number of Topliss-reactive ketones (excluding diaryl/α,β-unsaturated/α-hetero) is 1. The van der Waals surface area contributed by atoms with Crippen LogP contribution in [0.3, 0.4) is 0 Å². The van der Waals surface area contributed by atoms with Crippen LogP contribution in [0.2, 0.25) is 0 Å². The second kappa shape index (κ2) is 8.62. The van der Waals surface area contributed by atoms with Gasteiger partial charge < -0.3 is 15.0 Å². The molecule has 0 aliphatic carbocycles. The Bertz CT molecular complexity index is 1260. The van der Waals surface area contributed by atoms with Crippen LogP contribution in [0.4, 0.5) is 5.95 Å². The Balaban J connectivity index is 1.85. The first kappa shape index (κ1) is 20.6. The van der Waals surface area contributed by atoms with Crippen LogP contribution in [0.1, 0.15) is 24.2 Å². The minimum Gasteiger partial charge on any atom is -0.425 e. The Morgan fingerprint density at radius 3 is 2.68 bits per heavy atom. The number of fused-ring (bicyclic) bond motifs is 1. The summed E-state index contributed by atoms with van der Waals surface area (Å²) >= 11 is 0. The number of carbonyl (C=O) groups is 1. The molecule has 0 unspecified atom stereocenters. The SMILES string of the molecule is CC#CCn1c(N2CCNCC2)nc2nc(Oc3ccccc3C(C)=O)n(C)c(=O)c21. The third-order valence-corrected chi connectivity index (χ3v) is 5.21. The Labute approximate surface area is 179 Å². The van der Waals surface area contributed by atoms with Gasteiger partial charge in [0.2, 0.25) is 5.95 Å². The van der Waals surface area contributed by atoms with Gasteiger partial charge in [0.05, 0.1) is 12.1 Å². The van der Waals surface area contributed by atoms with Crippen LogP contribution >= 0.6 is 0 Å². The van der Waals surface area contributed by atoms with E-state index in [0.29, 0.717) is 35.0 Å². The van der Waals surface area contributed by atoms with Gasteiger partial charge >= 0.3 is 6.01 Å². The molecule has 3 aromatic rings. The number of para-hydroxylation sites is 1. The van der Waals surface area contributed by atoms with Crippen molar-refractivity contribution in [1.82, 2.24) is 24.4 Å². The normalized spacial score (nSPS) is 13.7. The summed E-state index contributed by atoms with van der Waals surface area (Å²) < 4.78 is 9.05. The van der Waals surface area contributed by atoms with E-state index in [1.807, 2.05) is 4.57 Å². The van der Waals surface area contributed by atoms with E-state index >= 15 is 0 Å². The fourth-order valence-electron chi connectivity index (χ4n) is 3.58. The van der Waals surface area contributed by atoms with E-state index in [1.54, 1.807) is 38.2 Å². The first-order chi connectivity index (χ1) is 15.0. The Hall–Kier alpha value is -3.64. The van der Waals surface area contributed by atoms with Crippen molar-refractivity contribution in [2.45, 2.75) is 20.4 Å². The molecule has 3 heterocycles. The summed E-state index contributed by atoms with van der Waals surface area (Å²) in [5.41, 5.74) is 0.810. The lowest BCUT2D eigenvalue weighted by molar-refractivity contribution is 0.101. The summed E-state index contributed by atoms with van der Waals surface area (Å²) in [6.45, 7) is 6.80. The number of nitrogens with zero attached hydrogens (tertiary/aromatic N) is 5. The lowest BCUT2D eigenvalue weighted by Gasteiger charge is -2.28. The van der Waals surface area contributed by atoms with Crippen molar-refractivity contribution < 1.29 is 9.53 Å². The summed E-state index contributed by atoms with van der Waals surface area (Å²) in [4.78, 5) is 36.5. The zero-order valence-corrected chi connectivity index (χ0v) is 17.8. The maximum atomic E-state index is 13.3. The molecular weight excluding hydrogens is 396 g/mol. The molecule has 0 bridgehead atoms. The Kier molecular flexibility index (Phi) is 5.73. The highest BCUT2D eigenvalue weighted by molar-refractivity contribution is 5.96. The maximum Gasteiger partial charge on any atom is 0.306 e. The first-order valence-electron chi connectivity index (χ1n) is 10.1. The monoisotopic (exact) mass is 420 g/mol. The summed E-state index contributed by atoms with van der Waals surface area (Å²) in [6, 6.07) is 6.95. The molecule has 0 saturated carbocycles. The second-order valence-corrected chi connectivity index (χ2v) is 7.25. The van der Waals surface area contributed by atoms with Crippen molar-refractivity contribution in [3.63, 3.8) is 0 Å². The van der Waals surface area contributed by atoms with Gasteiger partial charge in [-0.2, -0.15) is 9.97 Å². The van der Waals surface area contributed by atoms with Gasteiger partial charge in [-0.25, -0.2) is 0 Å². The maximum absolute atomic E-state index is 13.3. The first-order valence-corrected chi connectivity index (χ1v) is 10.1. The third kappa shape index (κ3) is 3.90. The minimum atomic E-state index is -0.285. The van der Waals surface area contributed by atoms with E-state index in [1.165, 1.54) is 11.5 Å². The van der Waals surface area contributed by atoms with Crippen molar-refractivity contribution in [3.05, 3.63) is 40.2 Å². The number of piperazine rings is 1. The van der Waals surface area contributed by atoms with Gasteiger partial charge in [0, 0.05) is 33.2 Å².